The molecule has 0 unspecified atom stereocenters. The number of benzene rings is 1. The molecule has 0 aromatic heterocycles. The van der Waals surface area contributed by atoms with Crippen LogP contribution < -0.4 is 4.74 Å². The van der Waals surface area contributed by atoms with E-state index in [9.17, 15) is 0 Å². The molecule has 0 saturated heterocycles. The summed E-state index contributed by atoms with van der Waals surface area (Å²) in [4.78, 5) is 0. The first kappa shape index (κ1) is 7.68. The summed E-state index contributed by atoms with van der Waals surface area (Å²) in [6.45, 7) is 0.418. The number of ether oxygens (including phenoxy) is 1. The molecule has 0 bridgehead atoms. The summed E-state index contributed by atoms with van der Waals surface area (Å²) in [6, 6.07) is 7.95. The number of rotatable bonds is 0. The van der Waals surface area contributed by atoms with Gasteiger partial charge in [0.1, 0.15) is 17.4 Å². The molecular weight excluding hydrogens is 170 g/mol. The minimum atomic E-state index is 0.418. The minimum Gasteiger partial charge on any atom is -0.486 e. The van der Waals surface area contributed by atoms with Gasteiger partial charge in [0.2, 0.25) is 0 Å². The van der Waals surface area contributed by atoms with Crippen LogP contribution in [0.2, 0.25) is 0 Å². The molecule has 0 amide bonds. The molecule has 1 aliphatic rings. The topological polar surface area (TPSA) is 33.1 Å². The van der Waals surface area contributed by atoms with Crippen molar-refractivity contribution < 1.29 is 4.74 Å². The molecule has 0 fully saturated rings. The molecule has 1 N–H and O–H groups in total. The largest absolute Gasteiger partial charge is 0.486 e. The van der Waals surface area contributed by atoms with Crippen molar-refractivity contribution in [1.82, 2.24) is 0 Å². The second-order valence-electron chi connectivity index (χ2n) is 2.61. The molecule has 0 aliphatic carbocycles. The van der Waals surface area contributed by atoms with Crippen LogP contribution in [0.3, 0.4) is 0 Å². The van der Waals surface area contributed by atoms with Gasteiger partial charge in [-0.25, -0.2) is 0 Å². The van der Waals surface area contributed by atoms with E-state index in [-0.39, 0.29) is 0 Å². The smallest absolute Gasteiger partial charge is 0.136 e. The number of hydrogen-bond acceptors (Lipinski definition) is 3. The Morgan fingerprint density at radius 1 is 1.33 bits per heavy atom. The van der Waals surface area contributed by atoms with Gasteiger partial charge in [-0.05, 0) is 6.07 Å². The summed E-state index contributed by atoms with van der Waals surface area (Å²) in [6.07, 6.45) is 0. The fourth-order valence-electron chi connectivity index (χ4n) is 1.11. The van der Waals surface area contributed by atoms with Crippen LogP contribution in [0.4, 0.5) is 0 Å². The predicted octanol–water partition coefficient (Wildman–Crippen LogP) is 2.29. The lowest BCUT2D eigenvalue weighted by Crippen LogP contribution is -2.03. The van der Waals surface area contributed by atoms with Crippen LogP contribution in [-0.4, -0.2) is 11.7 Å². The van der Waals surface area contributed by atoms with Gasteiger partial charge in [-0.2, -0.15) is 0 Å². The Morgan fingerprint density at radius 3 is 3.08 bits per heavy atom. The Hall–Kier alpha value is -0.960. The molecule has 0 saturated carbocycles. The zero-order chi connectivity index (χ0) is 8.39. The summed E-state index contributed by atoms with van der Waals surface area (Å²) < 4.78 is 5.42. The molecule has 0 atom stereocenters. The van der Waals surface area contributed by atoms with Gasteiger partial charge in [0.05, 0.1) is 0 Å². The van der Waals surface area contributed by atoms with Gasteiger partial charge in [0.15, 0.2) is 0 Å². The zero-order valence-electron chi connectivity index (χ0n) is 6.54. The minimum absolute atomic E-state index is 0.418. The van der Waals surface area contributed by atoms with Gasteiger partial charge in [-0.1, -0.05) is 18.2 Å². The number of fused-ring (bicyclic) bond motifs is 1. The van der Waals surface area contributed by atoms with Crippen molar-refractivity contribution in [3.63, 3.8) is 0 Å². The maximum Gasteiger partial charge on any atom is 0.136 e. The molecule has 1 aromatic rings. The Morgan fingerprint density at radius 2 is 2.17 bits per heavy atom. The molecule has 2 nitrogen and oxygen atoms in total. The lowest BCUT2D eigenvalue weighted by atomic mass is 10.2. The summed E-state index contributed by atoms with van der Waals surface area (Å²) in [7, 11) is 0. The number of thioether (sulfide) groups is 1. The Kier molecular flexibility index (Phi) is 2.04. The average Bonchev–Trinajstić information content (AvgIpc) is 2.29. The first-order valence-corrected chi connectivity index (χ1v) is 4.76. The van der Waals surface area contributed by atoms with E-state index in [0.717, 1.165) is 11.5 Å². The summed E-state index contributed by atoms with van der Waals surface area (Å²) >= 11 is 1.54. The predicted molar refractivity (Wildman–Crippen MR) is 51.0 cm³/mol. The van der Waals surface area contributed by atoms with Crippen LogP contribution in [-0.2, 0) is 5.75 Å². The Labute approximate surface area is 75.4 Å². The van der Waals surface area contributed by atoms with Crippen molar-refractivity contribution in [3.05, 3.63) is 29.8 Å². The van der Waals surface area contributed by atoms with Gasteiger partial charge >= 0.3 is 0 Å². The molecule has 62 valence electrons. The van der Waals surface area contributed by atoms with Crippen LogP contribution in [0.5, 0.6) is 5.75 Å². The highest BCUT2D eigenvalue weighted by Gasteiger charge is 2.10. The maximum absolute atomic E-state index is 7.44. The number of para-hydroxylation sites is 1. The van der Waals surface area contributed by atoms with Crippen LogP contribution in [0, 0.1) is 5.41 Å². The molecule has 3 heteroatoms. The SMILES string of the molecule is N=C1COc2ccccc2CS1. The van der Waals surface area contributed by atoms with E-state index in [0.29, 0.717) is 11.7 Å². The fourth-order valence-corrected chi connectivity index (χ4v) is 1.82. The second-order valence-corrected chi connectivity index (χ2v) is 3.68. The first-order valence-electron chi connectivity index (χ1n) is 3.77. The third-order valence-electron chi connectivity index (χ3n) is 1.73. The van der Waals surface area contributed by atoms with Crippen molar-refractivity contribution in [2.75, 3.05) is 6.61 Å². The van der Waals surface area contributed by atoms with E-state index in [1.165, 1.54) is 17.3 Å². The van der Waals surface area contributed by atoms with Crippen molar-refractivity contribution in [3.8, 4) is 5.75 Å². The molecular formula is C9H9NOS. The van der Waals surface area contributed by atoms with E-state index < -0.39 is 0 Å². The summed E-state index contributed by atoms with van der Waals surface area (Å²) in [5, 5.41) is 8.05. The van der Waals surface area contributed by atoms with Crippen LogP contribution >= 0.6 is 11.8 Å². The number of nitrogens with one attached hydrogen (secondary N) is 1. The lowest BCUT2D eigenvalue weighted by Gasteiger charge is -2.03. The third-order valence-corrected chi connectivity index (χ3v) is 2.65. The van der Waals surface area contributed by atoms with Crippen molar-refractivity contribution >= 4 is 16.8 Å². The van der Waals surface area contributed by atoms with Crippen molar-refractivity contribution in [2.24, 2.45) is 0 Å². The Balaban J connectivity index is 2.32. The first-order chi connectivity index (χ1) is 5.86. The van der Waals surface area contributed by atoms with Crippen molar-refractivity contribution in [2.45, 2.75) is 5.75 Å². The van der Waals surface area contributed by atoms with Crippen molar-refractivity contribution in [1.29, 1.82) is 5.41 Å². The van der Waals surface area contributed by atoms with Gasteiger partial charge in [0, 0.05) is 11.3 Å². The molecule has 1 aliphatic heterocycles. The van der Waals surface area contributed by atoms with E-state index in [2.05, 4.69) is 0 Å². The van der Waals surface area contributed by atoms with E-state index in [4.69, 9.17) is 10.1 Å². The van der Waals surface area contributed by atoms with E-state index >= 15 is 0 Å². The lowest BCUT2D eigenvalue weighted by molar-refractivity contribution is 0.377. The molecule has 2 rings (SSSR count). The molecule has 12 heavy (non-hydrogen) atoms. The molecule has 0 radical (unpaired) electrons. The highest BCUT2D eigenvalue weighted by atomic mass is 32.2. The summed E-state index contributed by atoms with van der Waals surface area (Å²) in [5.74, 6) is 1.78. The zero-order valence-corrected chi connectivity index (χ0v) is 7.36. The molecule has 1 aromatic carbocycles. The van der Waals surface area contributed by atoms with E-state index in [1.807, 2.05) is 24.3 Å². The maximum atomic E-state index is 7.44. The van der Waals surface area contributed by atoms with Gasteiger partial charge in [-0.3, -0.25) is 5.41 Å². The van der Waals surface area contributed by atoms with Gasteiger partial charge < -0.3 is 4.74 Å². The van der Waals surface area contributed by atoms with Crippen LogP contribution in [0.15, 0.2) is 24.3 Å². The second kappa shape index (κ2) is 3.19. The van der Waals surface area contributed by atoms with Gasteiger partial charge in [-0.15, -0.1) is 11.8 Å². The normalized spacial score (nSPS) is 16.2. The molecule has 0 spiro atoms. The fraction of sp³-hybridized carbons (Fsp3) is 0.222. The monoisotopic (exact) mass is 179 g/mol. The quantitative estimate of drug-likeness (QED) is 0.662. The molecule has 1 heterocycles. The highest BCUT2D eigenvalue weighted by Crippen LogP contribution is 2.26. The van der Waals surface area contributed by atoms with E-state index in [1.54, 1.807) is 0 Å². The van der Waals surface area contributed by atoms with Gasteiger partial charge in [0.25, 0.3) is 0 Å². The Bertz CT molecular complexity index is 282. The highest BCUT2D eigenvalue weighted by molar-refractivity contribution is 8.13. The average molecular weight is 179 g/mol. The summed E-state index contributed by atoms with van der Waals surface area (Å²) in [5.41, 5.74) is 1.18. The number of hydrogen-bond donors (Lipinski definition) is 1. The standard InChI is InChI=1S/C9H9NOS/c10-9-5-11-8-4-2-1-3-7(8)6-12-9/h1-4,10H,5-6H2. The third kappa shape index (κ3) is 1.46. The van der Waals surface area contributed by atoms with Crippen LogP contribution in [0.1, 0.15) is 5.56 Å². The van der Waals surface area contributed by atoms with Crippen LogP contribution in [0.25, 0.3) is 0 Å².